The lowest BCUT2D eigenvalue weighted by Crippen LogP contribution is -2.34. The fourth-order valence-electron chi connectivity index (χ4n) is 3.51. The molecule has 7 nitrogen and oxygen atoms in total. The van der Waals surface area contributed by atoms with Gasteiger partial charge in [0.25, 0.3) is 5.91 Å². The van der Waals surface area contributed by atoms with Crippen molar-refractivity contribution in [2.75, 3.05) is 19.0 Å². The van der Waals surface area contributed by atoms with Crippen molar-refractivity contribution < 1.29 is 18.7 Å². The van der Waals surface area contributed by atoms with E-state index in [9.17, 15) is 9.59 Å². The highest BCUT2D eigenvalue weighted by Gasteiger charge is 2.14. The standard InChI is InChI=1S/C27H24N2O5S/c1-3-13-33-20-9-6-8-19(14-20)25(30)29-27(35)28-22-16-17(11-12-24(22)32-2)21-15-18-7-4-5-10-23(18)34-26(21)31/h4-12,14-16H,3,13H2,1-2H3,(H2,28,29,30,35). The maximum Gasteiger partial charge on any atom is 0.344 e. The number of hydrogen-bond donors (Lipinski definition) is 2. The maximum atomic E-state index is 12.7. The van der Waals surface area contributed by atoms with Gasteiger partial charge in [-0.2, -0.15) is 0 Å². The topological polar surface area (TPSA) is 89.8 Å². The highest BCUT2D eigenvalue weighted by molar-refractivity contribution is 7.80. The first-order valence-electron chi connectivity index (χ1n) is 11.0. The third-order valence-electron chi connectivity index (χ3n) is 5.20. The average molecular weight is 489 g/mol. The van der Waals surface area contributed by atoms with Crippen LogP contribution in [0, 0.1) is 0 Å². The van der Waals surface area contributed by atoms with Crippen LogP contribution >= 0.6 is 12.2 Å². The maximum absolute atomic E-state index is 12.7. The monoisotopic (exact) mass is 488 g/mol. The van der Waals surface area contributed by atoms with Gasteiger partial charge in [-0.05, 0) is 66.7 Å². The van der Waals surface area contributed by atoms with Crippen molar-refractivity contribution in [2.24, 2.45) is 0 Å². The summed E-state index contributed by atoms with van der Waals surface area (Å²) in [5, 5.41) is 6.54. The lowest BCUT2D eigenvalue weighted by atomic mass is 10.0. The van der Waals surface area contributed by atoms with Crippen molar-refractivity contribution in [3.8, 4) is 22.6 Å². The quantitative estimate of drug-likeness (QED) is 0.266. The Labute approximate surface area is 207 Å². The molecule has 4 aromatic rings. The van der Waals surface area contributed by atoms with Crippen LogP contribution in [0.15, 0.2) is 82.0 Å². The predicted octanol–water partition coefficient (Wildman–Crippen LogP) is 5.38. The molecule has 0 aliphatic heterocycles. The first kappa shape index (κ1) is 24.0. The molecule has 1 aromatic heterocycles. The SMILES string of the molecule is CCCOc1cccc(C(=O)NC(=S)Nc2cc(-c3cc4ccccc4oc3=O)ccc2OC)c1. The predicted molar refractivity (Wildman–Crippen MR) is 140 cm³/mol. The first-order chi connectivity index (χ1) is 17.0. The number of thiocarbonyl (C=S) groups is 1. The van der Waals surface area contributed by atoms with Crippen LogP contribution < -0.4 is 25.7 Å². The molecule has 0 spiro atoms. The zero-order valence-corrected chi connectivity index (χ0v) is 20.1. The summed E-state index contributed by atoms with van der Waals surface area (Å²) in [7, 11) is 1.52. The van der Waals surface area contributed by atoms with Crippen LogP contribution in [0.2, 0.25) is 0 Å². The fourth-order valence-corrected chi connectivity index (χ4v) is 3.71. The Morgan fingerprint density at radius 2 is 1.86 bits per heavy atom. The van der Waals surface area contributed by atoms with E-state index in [2.05, 4.69) is 10.6 Å². The van der Waals surface area contributed by atoms with E-state index in [4.69, 9.17) is 26.1 Å². The van der Waals surface area contributed by atoms with Crippen LogP contribution in [0.5, 0.6) is 11.5 Å². The lowest BCUT2D eigenvalue weighted by Gasteiger charge is -2.14. The highest BCUT2D eigenvalue weighted by atomic mass is 32.1. The Balaban J connectivity index is 1.55. The van der Waals surface area contributed by atoms with E-state index in [-0.39, 0.29) is 11.0 Å². The number of rotatable bonds is 7. The second-order valence-electron chi connectivity index (χ2n) is 7.68. The summed E-state index contributed by atoms with van der Waals surface area (Å²) in [6.07, 6.45) is 0.868. The second-order valence-corrected chi connectivity index (χ2v) is 8.09. The summed E-state index contributed by atoms with van der Waals surface area (Å²) < 4.78 is 16.5. The van der Waals surface area contributed by atoms with Crippen LogP contribution in [0.3, 0.4) is 0 Å². The molecule has 0 unspecified atom stereocenters. The molecule has 8 heteroatoms. The van der Waals surface area contributed by atoms with Crippen LogP contribution in [0.4, 0.5) is 5.69 Å². The van der Waals surface area contributed by atoms with Crippen molar-refractivity contribution in [2.45, 2.75) is 13.3 Å². The van der Waals surface area contributed by atoms with E-state index >= 15 is 0 Å². The summed E-state index contributed by atoms with van der Waals surface area (Å²) >= 11 is 5.36. The first-order valence-corrected chi connectivity index (χ1v) is 11.5. The summed E-state index contributed by atoms with van der Waals surface area (Å²) in [6.45, 7) is 2.58. The number of anilines is 1. The number of carbonyl (C=O) groups excluding carboxylic acids is 1. The molecule has 0 radical (unpaired) electrons. The van der Waals surface area contributed by atoms with Gasteiger partial charge in [0.1, 0.15) is 17.1 Å². The highest BCUT2D eigenvalue weighted by Crippen LogP contribution is 2.30. The van der Waals surface area contributed by atoms with E-state index in [0.717, 1.165) is 11.8 Å². The molecule has 0 fully saturated rings. The zero-order valence-electron chi connectivity index (χ0n) is 19.3. The van der Waals surface area contributed by atoms with Crippen molar-refractivity contribution in [3.63, 3.8) is 0 Å². The average Bonchev–Trinajstić information content (AvgIpc) is 2.87. The largest absolute Gasteiger partial charge is 0.495 e. The number of benzene rings is 3. The van der Waals surface area contributed by atoms with Gasteiger partial charge in [0.05, 0.1) is 25.0 Å². The fraction of sp³-hybridized carbons (Fsp3) is 0.148. The van der Waals surface area contributed by atoms with Crippen LogP contribution in [0.25, 0.3) is 22.1 Å². The zero-order chi connectivity index (χ0) is 24.8. The van der Waals surface area contributed by atoms with Crippen LogP contribution in [-0.2, 0) is 0 Å². The number of nitrogens with one attached hydrogen (secondary N) is 2. The number of ether oxygens (including phenoxy) is 2. The van der Waals surface area contributed by atoms with Gasteiger partial charge in [0.2, 0.25) is 0 Å². The number of amides is 1. The van der Waals surface area contributed by atoms with E-state index in [0.29, 0.717) is 46.1 Å². The van der Waals surface area contributed by atoms with Gasteiger partial charge in [-0.3, -0.25) is 10.1 Å². The Kier molecular flexibility index (Phi) is 7.42. The molecule has 0 atom stereocenters. The minimum atomic E-state index is -0.458. The van der Waals surface area contributed by atoms with Crippen LogP contribution in [0.1, 0.15) is 23.7 Å². The third kappa shape index (κ3) is 5.67. The minimum Gasteiger partial charge on any atom is -0.495 e. The van der Waals surface area contributed by atoms with E-state index < -0.39 is 5.63 Å². The van der Waals surface area contributed by atoms with Crippen molar-refractivity contribution in [3.05, 3.63) is 88.8 Å². The number of fused-ring (bicyclic) bond motifs is 1. The Bertz CT molecular complexity index is 1450. The summed E-state index contributed by atoms with van der Waals surface area (Å²) in [5.74, 6) is 0.724. The number of carbonyl (C=O) groups is 1. The molecule has 35 heavy (non-hydrogen) atoms. The molecular formula is C27H24N2O5S. The normalized spacial score (nSPS) is 10.6. The summed E-state index contributed by atoms with van der Waals surface area (Å²) in [5.41, 5.74) is 1.97. The van der Waals surface area contributed by atoms with Gasteiger partial charge in [-0.25, -0.2) is 4.79 Å². The molecule has 1 amide bonds. The number of hydrogen-bond acceptors (Lipinski definition) is 6. The molecule has 0 bridgehead atoms. The molecule has 0 saturated carbocycles. The van der Waals surface area contributed by atoms with Crippen molar-refractivity contribution >= 4 is 39.9 Å². The molecule has 4 rings (SSSR count). The van der Waals surface area contributed by atoms with Gasteiger partial charge < -0.3 is 19.2 Å². The molecule has 0 aliphatic rings. The molecule has 0 saturated heterocycles. The van der Waals surface area contributed by atoms with Gasteiger partial charge in [0, 0.05) is 10.9 Å². The van der Waals surface area contributed by atoms with Crippen molar-refractivity contribution in [1.82, 2.24) is 5.32 Å². The third-order valence-corrected chi connectivity index (χ3v) is 5.40. The Morgan fingerprint density at radius 3 is 2.66 bits per heavy atom. The van der Waals surface area contributed by atoms with Gasteiger partial charge in [0.15, 0.2) is 5.11 Å². The summed E-state index contributed by atoms with van der Waals surface area (Å²) in [4.78, 5) is 25.3. The van der Waals surface area contributed by atoms with Gasteiger partial charge >= 0.3 is 5.63 Å². The molecule has 1 heterocycles. The Morgan fingerprint density at radius 1 is 1.03 bits per heavy atom. The van der Waals surface area contributed by atoms with Crippen molar-refractivity contribution in [1.29, 1.82) is 0 Å². The molecule has 3 aromatic carbocycles. The molecule has 2 N–H and O–H groups in total. The second kappa shape index (κ2) is 10.8. The van der Waals surface area contributed by atoms with Gasteiger partial charge in [-0.15, -0.1) is 0 Å². The van der Waals surface area contributed by atoms with E-state index in [1.54, 1.807) is 54.6 Å². The van der Waals surface area contributed by atoms with E-state index in [1.165, 1.54) is 7.11 Å². The molecule has 178 valence electrons. The summed E-state index contributed by atoms with van der Waals surface area (Å²) in [6, 6.07) is 21.2. The molecular weight excluding hydrogens is 464 g/mol. The number of methoxy groups -OCH3 is 1. The minimum absolute atomic E-state index is 0.0795. The van der Waals surface area contributed by atoms with E-state index in [1.807, 2.05) is 25.1 Å². The Hall–Kier alpha value is -4.17. The smallest absolute Gasteiger partial charge is 0.344 e. The number of para-hydroxylation sites is 1. The van der Waals surface area contributed by atoms with Crippen LogP contribution in [-0.4, -0.2) is 24.7 Å². The van der Waals surface area contributed by atoms with Gasteiger partial charge in [-0.1, -0.05) is 37.3 Å². The lowest BCUT2D eigenvalue weighted by molar-refractivity contribution is 0.0977. The molecule has 0 aliphatic carbocycles.